The molecule has 84 valence electrons. The highest BCUT2D eigenvalue weighted by atomic mass is 79.9. The summed E-state index contributed by atoms with van der Waals surface area (Å²) in [4.78, 5) is 10.9. The summed E-state index contributed by atoms with van der Waals surface area (Å²) in [7, 11) is 0. The standard InChI is InChI=1S/C11H9BrO4/c1-7(12)5-14-9-3-11-10(15-6-16-11)2-8(9)4-13/h2-4H,1,5-6H2. The highest BCUT2D eigenvalue weighted by Gasteiger charge is 2.17. The third-order valence-corrected chi connectivity index (χ3v) is 2.25. The summed E-state index contributed by atoms with van der Waals surface area (Å²) in [6.07, 6.45) is 0.717. The van der Waals surface area contributed by atoms with Crippen molar-refractivity contribution in [2.45, 2.75) is 0 Å². The number of halogens is 1. The van der Waals surface area contributed by atoms with Gasteiger partial charge in [0, 0.05) is 10.5 Å². The molecule has 0 radical (unpaired) electrons. The predicted octanol–water partition coefficient (Wildman–Crippen LogP) is 2.52. The first-order chi connectivity index (χ1) is 7.70. The van der Waals surface area contributed by atoms with Gasteiger partial charge in [-0.3, -0.25) is 4.79 Å². The van der Waals surface area contributed by atoms with E-state index in [1.165, 1.54) is 0 Å². The van der Waals surface area contributed by atoms with E-state index in [1.54, 1.807) is 12.1 Å². The van der Waals surface area contributed by atoms with Gasteiger partial charge in [-0.1, -0.05) is 22.5 Å². The van der Waals surface area contributed by atoms with Crippen LogP contribution in [-0.2, 0) is 0 Å². The van der Waals surface area contributed by atoms with Gasteiger partial charge in [0.2, 0.25) is 6.79 Å². The highest BCUT2D eigenvalue weighted by Crippen LogP contribution is 2.37. The second kappa shape index (κ2) is 4.57. The van der Waals surface area contributed by atoms with Crippen molar-refractivity contribution >= 4 is 22.2 Å². The zero-order valence-corrected chi connectivity index (χ0v) is 9.95. The molecule has 1 aromatic rings. The van der Waals surface area contributed by atoms with E-state index in [9.17, 15) is 4.79 Å². The third-order valence-electron chi connectivity index (χ3n) is 2.02. The van der Waals surface area contributed by atoms with Crippen LogP contribution in [0.1, 0.15) is 10.4 Å². The van der Waals surface area contributed by atoms with Crippen LogP contribution in [0.3, 0.4) is 0 Å². The topological polar surface area (TPSA) is 44.8 Å². The number of ether oxygens (including phenoxy) is 3. The van der Waals surface area contributed by atoms with Crippen LogP contribution < -0.4 is 14.2 Å². The van der Waals surface area contributed by atoms with Gasteiger partial charge in [-0.05, 0) is 6.07 Å². The molecule has 0 spiro atoms. The zero-order chi connectivity index (χ0) is 11.5. The smallest absolute Gasteiger partial charge is 0.231 e. The summed E-state index contributed by atoms with van der Waals surface area (Å²) in [5.41, 5.74) is 0.429. The largest absolute Gasteiger partial charge is 0.487 e. The number of hydrogen-bond acceptors (Lipinski definition) is 4. The van der Waals surface area contributed by atoms with E-state index in [4.69, 9.17) is 14.2 Å². The Bertz CT molecular complexity index is 442. The molecule has 1 aromatic carbocycles. The summed E-state index contributed by atoms with van der Waals surface area (Å²) in [6, 6.07) is 3.24. The average molecular weight is 285 g/mol. The monoisotopic (exact) mass is 284 g/mol. The molecule has 0 saturated heterocycles. The first-order valence-electron chi connectivity index (χ1n) is 4.55. The van der Waals surface area contributed by atoms with Gasteiger partial charge < -0.3 is 14.2 Å². The van der Waals surface area contributed by atoms with Crippen molar-refractivity contribution < 1.29 is 19.0 Å². The summed E-state index contributed by atoms with van der Waals surface area (Å²) in [6.45, 7) is 4.11. The zero-order valence-electron chi connectivity index (χ0n) is 8.36. The Morgan fingerprint density at radius 3 is 2.81 bits per heavy atom. The molecule has 0 bridgehead atoms. The lowest BCUT2D eigenvalue weighted by Crippen LogP contribution is -1.99. The number of carbonyl (C=O) groups is 1. The van der Waals surface area contributed by atoms with Crippen LogP contribution in [0.15, 0.2) is 23.2 Å². The molecule has 0 saturated carbocycles. The fourth-order valence-corrected chi connectivity index (χ4v) is 1.43. The third kappa shape index (κ3) is 2.19. The molecule has 2 rings (SSSR count). The molecular weight excluding hydrogens is 276 g/mol. The minimum atomic E-state index is 0.169. The SMILES string of the molecule is C=C(Br)COc1cc2c(cc1C=O)OCO2. The number of carbonyl (C=O) groups excluding carboxylic acids is 1. The molecule has 0 atom stereocenters. The Balaban J connectivity index is 2.28. The molecule has 4 nitrogen and oxygen atoms in total. The van der Waals surface area contributed by atoms with E-state index in [0.717, 1.165) is 0 Å². The van der Waals surface area contributed by atoms with Crippen molar-refractivity contribution in [2.24, 2.45) is 0 Å². The summed E-state index contributed by atoms with van der Waals surface area (Å²) in [5, 5.41) is 0. The molecule has 5 heteroatoms. The minimum Gasteiger partial charge on any atom is -0.487 e. The lowest BCUT2D eigenvalue weighted by atomic mass is 10.2. The van der Waals surface area contributed by atoms with Crippen LogP contribution in [0.5, 0.6) is 17.2 Å². The van der Waals surface area contributed by atoms with Gasteiger partial charge in [-0.25, -0.2) is 0 Å². The van der Waals surface area contributed by atoms with Gasteiger partial charge in [0.05, 0.1) is 5.56 Å². The Morgan fingerprint density at radius 2 is 2.19 bits per heavy atom. The fraction of sp³-hybridized carbons (Fsp3) is 0.182. The number of aldehydes is 1. The maximum absolute atomic E-state index is 10.9. The minimum absolute atomic E-state index is 0.169. The summed E-state index contributed by atoms with van der Waals surface area (Å²) in [5.74, 6) is 1.60. The van der Waals surface area contributed by atoms with Crippen molar-refractivity contribution in [3.8, 4) is 17.2 Å². The first-order valence-corrected chi connectivity index (χ1v) is 5.35. The Labute approximate surface area is 101 Å². The maximum atomic E-state index is 10.9. The van der Waals surface area contributed by atoms with Crippen LogP contribution in [0.2, 0.25) is 0 Å². The molecule has 16 heavy (non-hydrogen) atoms. The van der Waals surface area contributed by atoms with Crippen LogP contribution in [-0.4, -0.2) is 19.7 Å². The lowest BCUT2D eigenvalue weighted by Gasteiger charge is -2.08. The van der Waals surface area contributed by atoms with Gasteiger partial charge in [-0.15, -0.1) is 0 Å². The van der Waals surface area contributed by atoms with Crippen molar-refractivity contribution in [3.05, 3.63) is 28.8 Å². The molecule has 0 fully saturated rings. The van der Waals surface area contributed by atoms with E-state index in [-0.39, 0.29) is 6.79 Å². The quantitative estimate of drug-likeness (QED) is 0.797. The maximum Gasteiger partial charge on any atom is 0.231 e. The Kier molecular flexibility index (Phi) is 3.14. The van der Waals surface area contributed by atoms with Crippen molar-refractivity contribution in [1.82, 2.24) is 0 Å². The molecule has 0 aliphatic carbocycles. The molecule has 0 aromatic heterocycles. The first kappa shape index (κ1) is 11.0. The van der Waals surface area contributed by atoms with Gasteiger partial charge in [-0.2, -0.15) is 0 Å². The van der Waals surface area contributed by atoms with E-state index in [0.29, 0.717) is 40.2 Å². The lowest BCUT2D eigenvalue weighted by molar-refractivity contribution is 0.111. The van der Waals surface area contributed by atoms with Gasteiger partial charge in [0.25, 0.3) is 0 Å². The van der Waals surface area contributed by atoms with Gasteiger partial charge in [0.15, 0.2) is 17.8 Å². The number of benzene rings is 1. The average Bonchev–Trinajstić information content (AvgIpc) is 2.71. The molecule has 1 aliphatic rings. The van der Waals surface area contributed by atoms with E-state index < -0.39 is 0 Å². The van der Waals surface area contributed by atoms with Crippen LogP contribution in [0.4, 0.5) is 0 Å². The van der Waals surface area contributed by atoms with E-state index in [2.05, 4.69) is 22.5 Å². The van der Waals surface area contributed by atoms with Crippen molar-refractivity contribution in [1.29, 1.82) is 0 Å². The van der Waals surface area contributed by atoms with E-state index in [1.807, 2.05) is 0 Å². The second-order valence-electron chi connectivity index (χ2n) is 3.17. The fourth-order valence-electron chi connectivity index (χ4n) is 1.31. The van der Waals surface area contributed by atoms with Crippen molar-refractivity contribution in [2.75, 3.05) is 13.4 Å². The molecular formula is C11H9BrO4. The number of fused-ring (bicyclic) bond motifs is 1. The van der Waals surface area contributed by atoms with E-state index >= 15 is 0 Å². The molecule has 0 unspecified atom stereocenters. The molecule has 0 amide bonds. The normalized spacial score (nSPS) is 12.3. The summed E-state index contributed by atoms with van der Waals surface area (Å²) >= 11 is 3.18. The van der Waals surface area contributed by atoms with Crippen molar-refractivity contribution in [3.63, 3.8) is 0 Å². The highest BCUT2D eigenvalue weighted by molar-refractivity contribution is 9.11. The molecule has 0 N–H and O–H groups in total. The number of hydrogen-bond donors (Lipinski definition) is 0. The van der Waals surface area contributed by atoms with Crippen LogP contribution >= 0.6 is 15.9 Å². The molecule has 1 aliphatic heterocycles. The van der Waals surface area contributed by atoms with Crippen LogP contribution in [0.25, 0.3) is 0 Å². The van der Waals surface area contributed by atoms with Crippen LogP contribution in [0, 0.1) is 0 Å². The number of rotatable bonds is 4. The summed E-state index contributed by atoms with van der Waals surface area (Å²) < 4.78 is 16.4. The molecule has 1 heterocycles. The Hall–Kier alpha value is -1.49. The van der Waals surface area contributed by atoms with Gasteiger partial charge in [0.1, 0.15) is 12.4 Å². The second-order valence-corrected chi connectivity index (χ2v) is 4.29. The predicted molar refractivity (Wildman–Crippen MR) is 61.5 cm³/mol. The Morgan fingerprint density at radius 1 is 1.50 bits per heavy atom. The van der Waals surface area contributed by atoms with Gasteiger partial charge >= 0.3 is 0 Å².